The fourth-order valence-electron chi connectivity index (χ4n) is 3.13. The Kier molecular flexibility index (Phi) is 5.31. The van der Waals surface area contributed by atoms with E-state index in [1.54, 1.807) is 41.2 Å². The van der Waals surface area contributed by atoms with Crippen LogP contribution in [0.25, 0.3) is 11.3 Å². The second-order valence-corrected chi connectivity index (χ2v) is 8.86. The summed E-state index contributed by atoms with van der Waals surface area (Å²) in [6.07, 6.45) is 8.11. The van der Waals surface area contributed by atoms with Crippen molar-refractivity contribution < 1.29 is 8.42 Å². The van der Waals surface area contributed by atoms with Gasteiger partial charge in [0, 0.05) is 18.3 Å². The predicted molar refractivity (Wildman–Crippen MR) is 112 cm³/mol. The molecule has 7 heteroatoms. The molecule has 0 bridgehead atoms. The normalized spacial score (nSPS) is 15.8. The molecule has 1 aliphatic rings. The topological polar surface area (TPSA) is 68.1 Å². The van der Waals surface area contributed by atoms with Gasteiger partial charge in [0.2, 0.25) is 0 Å². The molecule has 1 aliphatic heterocycles. The largest absolute Gasteiger partial charge is 0.273 e. The van der Waals surface area contributed by atoms with Crippen molar-refractivity contribution in [2.75, 3.05) is 6.54 Å². The first-order chi connectivity index (χ1) is 14.0. The Hall–Kier alpha value is -3.19. The van der Waals surface area contributed by atoms with Crippen molar-refractivity contribution in [3.05, 3.63) is 90.3 Å². The SMILES string of the molecule is Cc1ccc(-c2cn(C/C=C3\C=CN(S(=O)(=O)c4ccccc4)CC3)nn2)cc1. The monoisotopic (exact) mass is 406 g/mol. The third kappa shape index (κ3) is 4.30. The number of nitrogens with zero attached hydrogens (tertiary/aromatic N) is 4. The molecule has 29 heavy (non-hydrogen) atoms. The summed E-state index contributed by atoms with van der Waals surface area (Å²) in [5.74, 6) is 0. The Labute approximate surface area is 170 Å². The molecular formula is C22H22N4O2S. The molecule has 2 heterocycles. The Balaban J connectivity index is 1.42. The molecule has 0 aliphatic carbocycles. The van der Waals surface area contributed by atoms with Crippen LogP contribution in [0.3, 0.4) is 0 Å². The first kappa shape index (κ1) is 19.1. The molecule has 0 radical (unpaired) electrons. The van der Waals surface area contributed by atoms with E-state index in [-0.39, 0.29) is 0 Å². The zero-order chi connectivity index (χ0) is 20.3. The van der Waals surface area contributed by atoms with Gasteiger partial charge in [0.25, 0.3) is 10.0 Å². The fraction of sp³-hybridized carbons (Fsp3) is 0.182. The number of hydrogen-bond acceptors (Lipinski definition) is 4. The van der Waals surface area contributed by atoms with Crippen LogP contribution in [0.4, 0.5) is 0 Å². The van der Waals surface area contributed by atoms with Crippen LogP contribution in [0, 0.1) is 6.92 Å². The Bertz CT molecular complexity index is 1150. The third-order valence-corrected chi connectivity index (χ3v) is 6.64. The minimum atomic E-state index is -3.49. The number of aromatic nitrogens is 3. The highest BCUT2D eigenvalue weighted by Crippen LogP contribution is 2.22. The van der Waals surface area contributed by atoms with Crippen LogP contribution in [-0.2, 0) is 16.6 Å². The van der Waals surface area contributed by atoms with Crippen LogP contribution >= 0.6 is 0 Å². The van der Waals surface area contributed by atoms with Crippen LogP contribution < -0.4 is 0 Å². The first-order valence-corrected chi connectivity index (χ1v) is 10.9. The summed E-state index contributed by atoms with van der Waals surface area (Å²) in [7, 11) is -3.49. The van der Waals surface area contributed by atoms with Gasteiger partial charge in [0.15, 0.2) is 0 Å². The molecule has 0 N–H and O–H groups in total. The molecule has 2 aromatic carbocycles. The van der Waals surface area contributed by atoms with Crippen LogP contribution in [0.15, 0.2) is 89.6 Å². The highest BCUT2D eigenvalue weighted by atomic mass is 32.2. The second-order valence-electron chi connectivity index (χ2n) is 6.97. The van der Waals surface area contributed by atoms with Crippen molar-refractivity contribution in [2.24, 2.45) is 0 Å². The van der Waals surface area contributed by atoms with Crippen molar-refractivity contribution in [1.29, 1.82) is 0 Å². The van der Waals surface area contributed by atoms with Gasteiger partial charge in [-0.1, -0.05) is 59.3 Å². The fourth-order valence-corrected chi connectivity index (χ4v) is 4.45. The van der Waals surface area contributed by atoms with Gasteiger partial charge in [-0.2, -0.15) is 0 Å². The van der Waals surface area contributed by atoms with Gasteiger partial charge in [0.05, 0.1) is 17.6 Å². The average molecular weight is 407 g/mol. The van der Waals surface area contributed by atoms with Crippen molar-refractivity contribution in [1.82, 2.24) is 19.3 Å². The minimum Gasteiger partial charge on any atom is -0.273 e. The van der Waals surface area contributed by atoms with Crippen molar-refractivity contribution in [2.45, 2.75) is 24.8 Å². The van der Waals surface area contributed by atoms with E-state index >= 15 is 0 Å². The average Bonchev–Trinajstić information content (AvgIpc) is 3.23. The quantitative estimate of drug-likeness (QED) is 0.647. The molecular weight excluding hydrogens is 384 g/mol. The van der Waals surface area contributed by atoms with E-state index in [0.717, 1.165) is 16.8 Å². The lowest BCUT2D eigenvalue weighted by Gasteiger charge is -2.24. The van der Waals surface area contributed by atoms with E-state index in [1.165, 1.54) is 9.87 Å². The molecule has 0 unspecified atom stereocenters. The summed E-state index contributed by atoms with van der Waals surface area (Å²) >= 11 is 0. The predicted octanol–water partition coefficient (Wildman–Crippen LogP) is 3.79. The van der Waals surface area contributed by atoms with E-state index < -0.39 is 10.0 Å². The molecule has 0 amide bonds. The van der Waals surface area contributed by atoms with E-state index in [0.29, 0.717) is 24.4 Å². The second kappa shape index (κ2) is 8.05. The number of hydrogen-bond donors (Lipinski definition) is 0. The van der Waals surface area contributed by atoms with Crippen LogP contribution in [0.1, 0.15) is 12.0 Å². The lowest BCUT2D eigenvalue weighted by molar-refractivity contribution is 0.492. The van der Waals surface area contributed by atoms with Gasteiger partial charge in [0.1, 0.15) is 5.69 Å². The molecule has 3 aromatic rings. The minimum absolute atomic E-state index is 0.309. The van der Waals surface area contributed by atoms with Gasteiger partial charge in [-0.3, -0.25) is 4.31 Å². The van der Waals surface area contributed by atoms with E-state index in [9.17, 15) is 8.42 Å². The van der Waals surface area contributed by atoms with Crippen molar-refractivity contribution >= 4 is 10.0 Å². The molecule has 0 saturated heterocycles. The molecule has 148 valence electrons. The summed E-state index contributed by atoms with van der Waals surface area (Å²) in [5.41, 5.74) is 4.16. The zero-order valence-corrected chi connectivity index (χ0v) is 17.0. The van der Waals surface area contributed by atoms with Gasteiger partial charge < -0.3 is 0 Å². The van der Waals surface area contributed by atoms with Gasteiger partial charge in [-0.15, -0.1) is 5.10 Å². The maximum atomic E-state index is 12.7. The standard InChI is InChI=1S/C22H22N4O2S/c1-18-7-9-20(10-8-18)22-17-25(24-23-22)14-11-19-12-15-26(16-13-19)29(27,28)21-5-3-2-4-6-21/h2-12,15,17H,13-14,16H2,1H3/b19-11+. The molecule has 0 saturated carbocycles. The lowest BCUT2D eigenvalue weighted by atomic mass is 10.1. The number of benzene rings is 2. The van der Waals surface area contributed by atoms with E-state index in [1.807, 2.05) is 24.4 Å². The Morgan fingerprint density at radius 1 is 1.07 bits per heavy atom. The molecule has 4 rings (SSSR count). The highest BCUT2D eigenvalue weighted by molar-refractivity contribution is 7.89. The number of aryl methyl sites for hydroxylation is 1. The number of allylic oxidation sites excluding steroid dienone is 2. The lowest BCUT2D eigenvalue weighted by Crippen LogP contribution is -2.29. The third-order valence-electron chi connectivity index (χ3n) is 4.85. The maximum absolute atomic E-state index is 12.7. The van der Waals surface area contributed by atoms with Crippen molar-refractivity contribution in [3.8, 4) is 11.3 Å². The summed E-state index contributed by atoms with van der Waals surface area (Å²) in [6, 6.07) is 16.7. The number of rotatable bonds is 5. The van der Waals surface area contributed by atoms with Crippen LogP contribution in [0.5, 0.6) is 0 Å². The molecule has 0 fully saturated rings. The Morgan fingerprint density at radius 3 is 2.52 bits per heavy atom. The van der Waals surface area contributed by atoms with E-state index in [4.69, 9.17) is 0 Å². The summed E-state index contributed by atoms with van der Waals surface area (Å²) in [5, 5.41) is 8.42. The summed E-state index contributed by atoms with van der Waals surface area (Å²) in [4.78, 5) is 0.309. The van der Waals surface area contributed by atoms with Crippen molar-refractivity contribution in [3.63, 3.8) is 0 Å². The summed E-state index contributed by atoms with van der Waals surface area (Å²) < 4.78 is 28.5. The smallest absolute Gasteiger partial charge is 0.263 e. The number of sulfonamides is 1. The van der Waals surface area contributed by atoms with E-state index in [2.05, 4.69) is 35.4 Å². The van der Waals surface area contributed by atoms with Gasteiger partial charge in [-0.25, -0.2) is 13.1 Å². The summed E-state index contributed by atoms with van der Waals surface area (Å²) in [6.45, 7) is 3.06. The molecule has 6 nitrogen and oxygen atoms in total. The molecule has 0 spiro atoms. The Morgan fingerprint density at radius 2 is 1.83 bits per heavy atom. The highest BCUT2D eigenvalue weighted by Gasteiger charge is 2.23. The van der Waals surface area contributed by atoms with Crippen LogP contribution in [-0.4, -0.2) is 34.3 Å². The van der Waals surface area contributed by atoms with Gasteiger partial charge in [-0.05, 0) is 37.1 Å². The maximum Gasteiger partial charge on any atom is 0.263 e. The van der Waals surface area contributed by atoms with Crippen LogP contribution in [0.2, 0.25) is 0 Å². The molecule has 1 aromatic heterocycles. The first-order valence-electron chi connectivity index (χ1n) is 9.44. The zero-order valence-electron chi connectivity index (χ0n) is 16.1. The molecule has 0 atom stereocenters. The van der Waals surface area contributed by atoms with Gasteiger partial charge >= 0.3 is 0 Å².